The van der Waals surface area contributed by atoms with Crippen molar-refractivity contribution >= 4 is 11.0 Å². The molecule has 2 rings (SSSR count). The lowest BCUT2D eigenvalue weighted by molar-refractivity contribution is 0.0187. The maximum absolute atomic E-state index is 11.8. The summed E-state index contributed by atoms with van der Waals surface area (Å²) in [6, 6.07) is 7.83. The van der Waals surface area contributed by atoms with Crippen molar-refractivity contribution < 1.29 is 17.9 Å². The third-order valence-corrected chi connectivity index (χ3v) is 2.87. The van der Waals surface area contributed by atoms with Gasteiger partial charge in [-0.1, -0.05) is 18.2 Å². The van der Waals surface area contributed by atoms with E-state index in [1.54, 1.807) is 0 Å². The summed E-state index contributed by atoms with van der Waals surface area (Å²) in [6.45, 7) is 2.87. The number of ether oxygens (including phenoxy) is 1. The number of aryl methyl sites for hydroxylation is 1. The van der Waals surface area contributed by atoms with E-state index in [1.165, 1.54) is 0 Å². The highest BCUT2D eigenvalue weighted by Gasteiger charge is 2.09. The average molecular weight is 269 g/mol. The summed E-state index contributed by atoms with van der Waals surface area (Å²) in [7, 11) is 0. The number of benzene rings is 1. The number of alkyl halides is 2. The minimum absolute atomic E-state index is 0.277. The van der Waals surface area contributed by atoms with Crippen molar-refractivity contribution in [1.29, 1.82) is 0 Å². The van der Waals surface area contributed by atoms with E-state index in [-0.39, 0.29) is 6.61 Å². The van der Waals surface area contributed by atoms with E-state index in [0.717, 1.165) is 22.3 Å². The van der Waals surface area contributed by atoms with Gasteiger partial charge in [0.15, 0.2) is 0 Å². The molecule has 0 radical (unpaired) electrons. The van der Waals surface area contributed by atoms with Crippen LogP contribution in [-0.4, -0.2) is 26.2 Å². The van der Waals surface area contributed by atoms with Crippen LogP contribution in [-0.2, 0) is 11.3 Å². The van der Waals surface area contributed by atoms with E-state index in [9.17, 15) is 8.78 Å². The van der Waals surface area contributed by atoms with Crippen LogP contribution in [0.1, 0.15) is 11.3 Å². The summed E-state index contributed by atoms with van der Waals surface area (Å²) in [5.74, 6) is 0.877. The van der Waals surface area contributed by atoms with Gasteiger partial charge in [-0.15, -0.1) is 0 Å². The smallest absolute Gasteiger partial charge is 0.261 e. The monoisotopic (exact) mass is 269 g/mol. The van der Waals surface area contributed by atoms with Crippen LogP contribution in [0.3, 0.4) is 0 Å². The van der Waals surface area contributed by atoms with Crippen molar-refractivity contribution in [2.75, 3.05) is 19.8 Å². The number of nitrogens with one attached hydrogen (secondary N) is 1. The third kappa shape index (κ3) is 3.75. The topological polar surface area (TPSA) is 34.4 Å². The summed E-state index contributed by atoms with van der Waals surface area (Å²) in [4.78, 5) is 0. The molecule has 0 aliphatic carbocycles. The van der Waals surface area contributed by atoms with E-state index in [4.69, 9.17) is 9.15 Å². The summed E-state index contributed by atoms with van der Waals surface area (Å²) in [5, 5.41) is 4.25. The molecule has 5 heteroatoms. The van der Waals surface area contributed by atoms with Gasteiger partial charge < -0.3 is 14.5 Å². The number of fused-ring (bicyclic) bond motifs is 1. The van der Waals surface area contributed by atoms with Gasteiger partial charge in [-0.3, -0.25) is 0 Å². The van der Waals surface area contributed by atoms with Crippen molar-refractivity contribution in [2.24, 2.45) is 0 Å². The lowest BCUT2D eigenvalue weighted by atomic mass is 10.1. The molecule has 0 aliphatic heterocycles. The van der Waals surface area contributed by atoms with Gasteiger partial charge in [0, 0.05) is 24.0 Å². The molecular formula is C14H17F2NO2. The van der Waals surface area contributed by atoms with Gasteiger partial charge in [0.05, 0.1) is 6.61 Å². The SMILES string of the molecule is Cc1oc2ccccc2c1CNCCOCC(F)F. The Hall–Kier alpha value is -1.46. The second kappa shape index (κ2) is 6.63. The van der Waals surface area contributed by atoms with Crippen molar-refractivity contribution in [3.8, 4) is 0 Å². The highest BCUT2D eigenvalue weighted by molar-refractivity contribution is 5.82. The zero-order chi connectivity index (χ0) is 13.7. The van der Waals surface area contributed by atoms with Crippen LogP contribution in [0.2, 0.25) is 0 Å². The van der Waals surface area contributed by atoms with Crippen molar-refractivity contribution in [3.05, 3.63) is 35.6 Å². The number of furan rings is 1. The summed E-state index contributed by atoms with van der Waals surface area (Å²) >= 11 is 0. The molecule has 2 aromatic rings. The predicted octanol–water partition coefficient (Wildman–Crippen LogP) is 3.11. The maximum atomic E-state index is 11.8. The molecule has 0 aliphatic rings. The first-order valence-electron chi connectivity index (χ1n) is 6.22. The summed E-state index contributed by atoms with van der Waals surface area (Å²) < 4.78 is 34.1. The number of hydrogen-bond acceptors (Lipinski definition) is 3. The number of rotatable bonds is 7. The fourth-order valence-corrected chi connectivity index (χ4v) is 1.97. The molecule has 104 valence electrons. The van der Waals surface area contributed by atoms with Crippen LogP contribution in [0.5, 0.6) is 0 Å². The molecule has 19 heavy (non-hydrogen) atoms. The molecule has 3 nitrogen and oxygen atoms in total. The Bertz CT molecular complexity index is 525. The first-order chi connectivity index (χ1) is 9.18. The van der Waals surface area contributed by atoms with Gasteiger partial charge >= 0.3 is 0 Å². The van der Waals surface area contributed by atoms with E-state index < -0.39 is 13.0 Å². The standard InChI is InChI=1S/C14H17F2NO2/c1-10-12(8-17-6-7-18-9-14(15)16)11-4-2-3-5-13(11)19-10/h2-5,14,17H,6-9H2,1H3. The zero-order valence-corrected chi connectivity index (χ0v) is 10.8. The molecule has 0 saturated heterocycles. The molecule has 1 aromatic carbocycles. The Morgan fingerprint density at radius 1 is 1.32 bits per heavy atom. The van der Waals surface area contributed by atoms with Crippen LogP contribution in [0.4, 0.5) is 8.78 Å². The average Bonchev–Trinajstić information content (AvgIpc) is 2.69. The molecule has 1 N–H and O–H groups in total. The van der Waals surface area contributed by atoms with Crippen LogP contribution in [0, 0.1) is 6.92 Å². The van der Waals surface area contributed by atoms with Crippen LogP contribution in [0.25, 0.3) is 11.0 Å². The Morgan fingerprint density at radius 3 is 2.89 bits per heavy atom. The second-order valence-corrected chi connectivity index (χ2v) is 4.28. The van der Waals surface area contributed by atoms with E-state index in [1.807, 2.05) is 31.2 Å². The van der Waals surface area contributed by atoms with Gasteiger partial charge in [-0.2, -0.15) is 0 Å². The van der Waals surface area contributed by atoms with Crippen molar-refractivity contribution in [1.82, 2.24) is 5.32 Å². The van der Waals surface area contributed by atoms with Crippen LogP contribution >= 0.6 is 0 Å². The molecule has 0 spiro atoms. The quantitative estimate of drug-likeness (QED) is 0.784. The largest absolute Gasteiger partial charge is 0.461 e. The summed E-state index contributed by atoms with van der Waals surface area (Å²) in [6.07, 6.45) is -2.40. The molecule has 0 saturated carbocycles. The molecule has 0 unspecified atom stereocenters. The van der Waals surface area contributed by atoms with Gasteiger partial charge in [-0.05, 0) is 13.0 Å². The Labute approximate surface area is 110 Å². The molecule has 1 heterocycles. The molecular weight excluding hydrogens is 252 g/mol. The fourth-order valence-electron chi connectivity index (χ4n) is 1.97. The van der Waals surface area contributed by atoms with E-state index in [2.05, 4.69) is 5.32 Å². The zero-order valence-electron chi connectivity index (χ0n) is 10.8. The summed E-state index contributed by atoms with van der Waals surface area (Å²) in [5.41, 5.74) is 1.97. The predicted molar refractivity (Wildman–Crippen MR) is 69.5 cm³/mol. The number of hydrogen-bond donors (Lipinski definition) is 1. The number of halogens is 2. The minimum atomic E-state index is -2.40. The Morgan fingerprint density at radius 2 is 2.11 bits per heavy atom. The number of para-hydroxylation sites is 1. The second-order valence-electron chi connectivity index (χ2n) is 4.28. The van der Waals surface area contributed by atoms with Gasteiger partial charge in [0.1, 0.15) is 18.0 Å². The lowest BCUT2D eigenvalue weighted by Crippen LogP contribution is -2.20. The molecule has 0 fully saturated rings. The lowest BCUT2D eigenvalue weighted by Gasteiger charge is -2.05. The highest BCUT2D eigenvalue weighted by Crippen LogP contribution is 2.24. The van der Waals surface area contributed by atoms with E-state index >= 15 is 0 Å². The van der Waals surface area contributed by atoms with Crippen LogP contribution in [0.15, 0.2) is 28.7 Å². The van der Waals surface area contributed by atoms with Gasteiger partial charge in [0.2, 0.25) is 0 Å². The molecule has 0 bridgehead atoms. The van der Waals surface area contributed by atoms with Crippen LogP contribution < -0.4 is 5.32 Å². The van der Waals surface area contributed by atoms with Crippen molar-refractivity contribution in [3.63, 3.8) is 0 Å². The van der Waals surface area contributed by atoms with Gasteiger partial charge in [0.25, 0.3) is 6.43 Å². The third-order valence-electron chi connectivity index (χ3n) is 2.87. The van der Waals surface area contributed by atoms with E-state index in [0.29, 0.717) is 13.1 Å². The Balaban J connectivity index is 1.83. The Kier molecular flexibility index (Phi) is 4.87. The minimum Gasteiger partial charge on any atom is -0.461 e. The van der Waals surface area contributed by atoms with Gasteiger partial charge in [-0.25, -0.2) is 8.78 Å². The fraction of sp³-hybridized carbons (Fsp3) is 0.429. The molecule has 0 atom stereocenters. The highest BCUT2D eigenvalue weighted by atomic mass is 19.3. The first-order valence-corrected chi connectivity index (χ1v) is 6.22. The first kappa shape index (κ1) is 14.0. The van der Waals surface area contributed by atoms with Crippen molar-refractivity contribution in [2.45, 2.75) is 19.9 Å². The molecule has 0 amide bonds. The molecule has 1 aromatic heterocycles. The maximum Gasteiger partial charge on any atom is 0.261 e. The normalized spacial score (nSPS) is 11.6.